The summed E-state index contributed by atoms with van der Waals surface area (Å²) in [7, 11) is 0. The van der Waals surface area contributed by atoms with Crippen molar-refractivity contribution in [1.29, 1.82) is 0 Å². The van der Waals surface area contributed by atoms with Crippen molar-refractivity contribution in [3.63, 3.8) is 0 Å². The van der Waals surface area contributed by atoms with E-state index in [9.17, 15) is 17.6 Å². The Morgan fingerprint density at radius 3 is 2.47 bits per heavy atom. The number of benzene rings is 1. The van der Waals surface area contributed by atoms with Gasteiger partial charge < -0.3 is 10.5 Å². The molecule has 6 heteroatoms. The minimum absolute atomic E-state index is 0.0659. The third kappa shape index (κ3) is 4.60. The van der Waals surface area contributed by atoms with E-state index in [1.807, 2.05) is 0 Å². The summed E-state index contributed by atoms with van der Waals surface area (Å²) in [5.74, 6) is -0.513. The van der Waals surface area contributed by atoms with Crippen LogP contribution in [0.25, 0.3) is 0 Å². The number of hydrogen-bond donors (Lipinski definition) is 1. The molecule has 2 nitrogen and oxygen atoms in total. The molecule has 0 aliphatic carbocycles. The van der Waals surface area contributed by atoms with Crippen LogP contribution in [-0.2, 0) is 0 Å². The van der Waals surface area contributed by atoms with Crippen LogP contribution >= 0.6 is 0 Å². The van der Waals surface area contributed by atoms with E-state index < -0.39 is 31.1 Å². The zero-order valence-corrected chi connectivity index (χ0v) is 9.22. The monoisotopic (exact) mass is 251 g/mol. The maximum atomic E-state index is 13.4. The second-order valence-corrected chi connectivity index (χ2v) is 3.69. The minimum atomic E-state index is -4.27. The number of nitrogens with two attached hydrogens (primary N) is 1. The topological polar surface area (TPSA) is 35.2 Å². The van der Waals surface area contributed by atoms with Crippen LogP contribution in [-0.4, -0.2) is 12.8 Å². The van der Waals surface area contributed by atoms with Gasteiger partial charge in [-0.1, -0.05) is 6.07 Å². The summed E-state index contributed by atoms with van der Waals surface area (Å²) in [6.45, 7) is 1.09. The van der Waals surface area contributed by atoms with Crippen LogP contribution in [0.4, 0.5) is 17.6 Å². The van der Waals surface area contributed by atoms with Crippen LogP contribution in [0.5, 0.6) is 5.75 Å². The van der Waals surface area contributed by atoms with E-state index in [-0.39, 0.29) is 5.75 Å². The lowest BCUT2D eigenvalue weighted by Gasteiger charge is -2.11. The molecule has 0 unspecified atom stereocenters. The Labute approximate surface area is 96.4 Å². The fourth-order valence-corrected chi connectivity index (χ4v) is 1.25. The lowest BCUT2D eigenvalue weighted by Crippen LogP contribution is -2.13. The summed E-state index contributed by atoms with van der Waals surface area (Å²) >= 11 is 0. The van der Waals surface area contributed by atoms with Crippen molar-refractivity contribution in [2.24, 2.45) is 5.73 Å². The van der Waals surface area contributed by atoms with Gasteiger partial charge in [-0.25, -0.2) is 4.39 Å². The molecule has 96 valence electrons. The number of alkyl halides is 3. The van der Waals surface area contributed by atoms with Crippen LogP contribution in [0, 0.1) is 5.82 Å². The molecule has 0 aliphatic rings. The fraction of sp³-hybridized carbons (Fsp3) is 0.455. The molecule has 0 aliphatic heterocycles. The van der Waals surface area contributed by atoms with Crippen molar-refractivity contribution in [3.05, 3.63) is 29.6 Å². The molecule has 0 bridgehead atoms. The Balaban J connectivity index is 2.59. The SMILES string of the molecule is C[C@@H](N)c1ccc(OCCC(F)(F)F)cc1F. The number of rotatable bonds is 4. The van der Waals surface area contributed by atoms with Gasteiger partial charge in [0.1, 0.15) is 11.6 Å². The molecule has 0 radical (unpaired) electrons. The van der Waals surface area contributed by atoms with Crippen molar-refractivity contribution in [2.45, 2.75) is 25.6 Å². The normalized spacial score (nSPS) is 13.5. The second kappa shape index (κ2) is 5.35. The number of halogens is 4. The molecule has 1 rings (SSSR count). The molecule has 0 saturated carbocycles. The molecule has 2 N–H and O–H groups in total. The molecule has 0 aromatic heterocycles. The summed E-state index contributed by atoms with van der Waals surface area (Å²) in [6, 6.07) is 3.37. The van der Waals surface area contributed by atoms with Gasteiger partial charge in [-0.05, 0) is 13.0 Å². The molecule has 17 heavy (non-hydrogen) atoms. The first-order chi connectivity index (χ1) is 7.79. The van der Waals surface area contributed by atoms with Gasteiger partial charge in [0, 0.05) is 17.7 Å². The number of hydrogen-bond acceptors (Lipinski definition) is 2. The Morgan fingerprint density at radius 1 is 1.35 bits per heavy atom. The second-order valence-electron chi connectivity index (χ2n) is 3.69. The predicted octanol–water partition coefficient (Wildman–Crippen LogP) is 3.18. The van der Waals surface area contributed by atoms with Crippen molar-refractivity contribution >= 4 is 0 Å². The molecule has 0 heterocycles. The zero-order chi connectivity index (χ0) is 13.1. The third-order valence-electron chi connectivity index (χ3n) is 2.12. The van der Waals surface area contributed by atoms with Crippen LogP contribution in [0.1, 0.15) is 24.9 Å². The van der Waals surface area contributed by atoms with Crippen LogP contribution in [0.3, 0.4) is 0 Å². The first kappa shape index (κ1) is 13.8. The smallest absolute Gasteiger partial charge is 0.392 e. The van der Waals surface area contributed by atoms with Crippen molar-refractivity contribution in [2.75, 3.05) is 6.61 Å². The summed E-state index contributed by atoms with van der Waals surface area (Å²) < 4.78 is 53.7. The third-order valence-corrected chi connectivity index (χ3v) is 2.12. The molecule has 1 atom stereocenters. The minimum Gasteiger partial charge on any atom is -0.493 e. The largest absolute Gasteiger partial charge is 0.493 e. The molecule has 0 saturated heterocycles. The lowest BCUT2D eigenvalue weighted by atomic mass is 10.1. The highest BCUT2D eigenvalue weighted by molar-refractivity contribution is 5.30. The number of ether oxygens (including phenoxy) is 1. The average molecular weight is 251 g/mol. The predicted molar refractivity (Wildman–Crippen MR) is 55.2 cm³/mol. The molecular formula is C11H13F4NO. The van der Waals surface area contributed by atoms with Gasteiger partial charge in [0.15, 0.2) is 0 Å². The fourth-order valence-electron chi connectivity index (χ4n) is 1.25. The Bertz CT molecular complexity index is 376. The first-order valence-corrected chi connectivity index (χ1v) is 5.04. The summed E-state index contributed by atoms with van der Waals surface area (Å²) in [5, 5.41) is 0. The summed E-state index contributed by atoms with van der Waals surface area (Å²) in [5.41, 5.74) is 5.79. The average Bonchev–Trinajstić information content (AvgIpc) is 2.15. The zero-order valence-electron chi connectivity index (χ0n) is 9.22. The molecule has 0 fully saturated rings. The molecule has 1 aromatic carbocycles. The quantitative estimate of drug-likeness (QED) is 0.834. The highest BCUT2D eigenvalue weighted by Gasteiger charge is 2.26. The highest BCUT2D eigenvalue weighted by atomic mass is 19.4. The van der Waals surface area contributed by atoms with Gasteiger partial charge in [-0.2, -0.15) is 13.2 Å². The van der Waals surface area contributed by atoms with Crippen LogP contribution in [0.15, 0.2) is 18.2 Å². The highest BCUT2D eigenvalue weighted by Crippen LogP contribution is 2.23. The Kier molecular flexibility index (Phi) is 4.34. The van der Waals surface area contributed by atoms with Gasteiger partial charge >= 0.3 is 6.18 Å². The van der Waals surface area contributed by atoms with Crippen molar-refractivity contribution < 1.29 is 22.3 Å². The molecular weight excluding hydrogens is 238 g/mol. The van der Waals surface area contributed by atoms with E-state index in [2.05, 4.69) is 0 Å². The summed E-state index contributed by atoms with van der Waals surface area (Å²) in [4.78, 5) is 0. The Hall–Kier alpha value is -1.30. The molecule has 1 aromatic rings. The maximum absolute atomic E-state index is 13.4. The van der Waals surface area contributed by atoms with E-state index >= 15 is 0 Å². The van der Waals surface area contributed by atoms with Gasteiger partial charge in [0.05, 0.1) is 13.0 Å². The van der Waals surface area contributed by atoms with E-state index in [1.165, 1.54) is 12.1 Å². The van der Waals surface area contributed by atoms with Gasteiger partial charge in [-0.15, -0.1) is 0 Å². The lowest BCUT2D eigenvalue weighted by molar-refractivity contribution is -0.139. The van der Waals surface area contributed by atoms with Crippen LogP contribution in [0.2, 0.25) is 0 Å². The first-order valence-electron chi connectivity index (χ1n) is 5.04. The molecule has 0 amide bonds. The van der Waals surface area contributed by atoms with Gasteiger partial charge in [0.25, 0.3) is 0 Å². The van der Waals surface area contributed by atoms with Crippen LogP contribution < -0.4 is 10.5 Å². The van der Waals surface area contributed by atoms with E-state index in [0.717, 1.165) is 6.07 Å². The van der Waals surface area contributed by atoms with E-state index in [0.29, 0.717) is 5.56 Å². The summed E-state index contributed by atoms with van der Waals surface area (Å²) in [6.07, 6.45) is -5.34. The van der Waals surface area contributed by atoms with Gasteiger partial charge in [-0.3, -0.25) is 0 Å². The maximum Gasteiger partial charge on any atom is 0.392 e. The Morgan fingerprint density at radius 2 is 2.00 bits per heavy atom. The standard InChI is InChI=1S/C11H13F4NO/c1-7(16)9-3-2-8(6-10(9)12)17-5-4-11(13,14)15/h2-3,6-7H,4-5,16H2,1H3/t7-/m1/s1. The van der Waals surface area contributed by atoms with Crippen molar-refractivity contribution in [3.8, 4) is 5.75 Å². The van der Waals surface area contributed by atoms with Crippen molar-refractivity contribution in [1.82, 2.24) is 0 Å². The van der Waals surface area contributed by atoms with Gasteiger partial charge in [0.2, 0.25) is 0 Å². The molecule has 0 spiro atoms. The van der Waals surface area contributed by atoms with E-state index in [1.54, 1.807) is 6.92 Å². The van der Waals surface area contributed by atoms with E-state index in [4.69, 9.17) is 10.5 Å².